The zero-order chi connectivity index (χ0) is 13.0. The lowest BCUT2D eigenvalue weighted by Crippen LogP contribution is -2.44. The molecule has 5 nitrogen and oxygen atoms in total. The number of ether oxygens (including phenoxy) is 1. The molecular weight excluding hydrogens is 230 g/mol. The molecule has 2 aliphatic heterocycles. The Morgan fingerprint density at radius 1 is 1.39 bits per heavy atom. The summed E-state index contributed by atoms with van der Waals surface area (Å²) in [4.78, 5) is 16.1. The van der Waals surface area contributed by atoms with Gasteiger partial charge in [-0.3, -0.25) is 14.6 Å². The van der Waals surface area contributed by atoms with Gasteiger partial charge in [0.1, 0.15) is 0 Å². The molecule has 0 saturated carbocycles. The van der Waals surface area contributed by atoms with E-state index in [4.69, 9.17) is 10.5 Å². The molecule has 0 aromatic heterocycles. The van der Waals surface area contributed by atoms with Crippen LogP contribution in [-0.4, -0.2) is 67.7 Å². The number of carbonyl (C=O) groups excluding carboxylic acids is 1. The number of primary amides is 1. The Morgan fingerprint density at radius 2 is 2.11 bits per heavy atom. The summed E-state index contributed by atoms with van der Waals surface area (Å²) in [5.41, 5.74) is 5.45. The minimum absolute atomic E-state index is 0.0697. The van der Waals surface area contributed by atoms with Crippen LogP contribution in [0.15, 0.2) is 0 Å². The van der Waals surface area contributed by atoms with Crippen molar-refractivity contribution in [1.29, 1.82) is 0 Å². The van der Waals surface area contributed by atoms with Crippen LogP contribution in [0.3, 0.4) is 0 Å². The molecule has 2 atom stereocenters. The van der Waals surface area contributed by atoms with E-state index in [1.54, 1.807) is 0 Å². The summed E-state index contributed by atoms with van der Waals surface area (Å²) in [6.45, 7) is 8.99. The van der Waals surface area contributed by atoms with Crippen LogP contribution in [0.25, 0.3) is 0 Å². The first-order valence-electron chi connectivity index (χ1n) is 7.04. The van der Waals surface area contributed by atoms with Crippen LogP contribution < -0.4 is 5.73 Å². The van der Waals surface area contributed by atoms with Crippen molar-refractivity contribution in [3.8, 4) is 0 Å². The van der Waals surface area contributed by atoms with Crippen molar-refractivity contribution in [2.24, 2.45) is 11.7 Å². The quantitative estimate of drug-likeness (QED) is 0.745. The van der Waals surface area contributed by atoms with Crippen LogP contribution in [0.1, 0.15) is 19.8 Å². The molecule has 18 heavy (non-hydrogen) atoms. The zero-order valence-corrected chi connectivity index (χ0v) is 11.3. The summed E-state index contributed by atoms with van der Waals surface area (Å²) < 4.78 is 5.36. The van der Waals surface area contributed by atoms with Gasteiger partial charge >= 0.3 is 0 Å². The molecule has 2 fully saturated rings. The molecule has 0 aromatic carbocycles. The summed E-state index contributed by atoms with van der Waals surface area (Å²) in [7, 11) is 0. The van der Waals surface area contributed by atoms with E-state index in [1.807, 2.05) is 6.92 Å². The Bertz CT molecular complexity index is 279. The summed E-state index contributed by atoms with van der Waals surface area (Å²) in [5, 5.41) is 0. The fourth-order valence-corrected chi connectivity index (χ4v) is 3.08. The van der Waals surface area contributed by atoms with E-state index in [0.717, 1.165) is 52.4 Å². The number of nitrogens with zero attached hydrogens (tertiary/aromatic N) is 2. The number of nitrogens with two attached hydrogens (primary N) is 1. The lowest BCUT2D eigenvalue weighted by atomic mass is 10.1. The van der Waals surface area contributed by atoms with Gasteiger partial charge < -0.3 is 10.5 Å². The topological polar surface area (TPSA) is 58.8 Å². The largest absolute Gasteiger partial charge is 0.379 e. The Labute approximate surface area is 109 Å². The molecule has 0 bridgehead atoms. The molecule has 0 radical (unpaired) electrons. The third kappa shape index (κ3) is 3.43. The lowest BCUT2D eigenvalue weighted by molar-refractivity contribution is -0.123. The third-order valence-corrected chi connectivity index (χ3v) is 4.09. The molecule has 0 unspecified atom stereocenters. The van der Waals surface area contributed by atoms with Gasteiger partial charge in [0.15, 0.2) is 0 Å². The van der Waals surface area contributed by atoms with Gasteiger partial charge in [-0.05, 0) is 25.3 Å². The van der Waals surface area contributed by atoms with Crippen LogP contribution in [0.2, 0.25) is 0 Å². The third-order valence-electron chi connectivity index (χ3n) is 4.09. The second kappa shape index (κ2) is 6.50. The number of rotatable bonds is 5. The van der Waals surface area contributed by atoms with Crippen molar-refractivity contribution in [2.75, 3.05) is 45.9 Å². The fraction of sp³-hybridized carbons (Fsp3) is 0.923. The van der Waals surface area contributed by atoms with Crippen molar-refractivity contribution in [2.45, 2.75) is 25.8 Å². The van der Waals surface area contributed by atoms with Crippen LogP contribution in [-0.2, 0) is 9.53 Å². The normalized spacial score (nSPS) is 28.4. The number of amides is 1. The van der Waals surface area contributed by atoms with Gasteiger partial charge in [0, 0.05) is 26.2 Å². The fourth-order valence-electron chi connectivity index (χ4n) is 3.08. The van der Waals surface area contributed by atoms with Crippen molar-refractivity contribution in [1.82, 2.24) is 9.80 Å². The lowest BCUT2D eigenvalue weighted by Gasteiger charge is -2.29. The molecule has 0 aromatic rings. The Balaban J connectivity index is 1.78. The molecule has 2 aliphatic rings. The molecule has 0 spiro atoms. The summed E-state index contributed by atoms with van der Waals surface area (Å²) in [5.74, 6) is 0.501. The Hall–Kier alpha value is -0.650. The minimum Gasteiger partial charge on any atom is -0.379 e. The predicted octanol–water partition coefficient (Wildman–Crippen LogP) is -0.0956. The first-order valence-corrected chi connectivity index (χ1v) is 7.04. The number of carbonyl (C=O) groups is 1. The van der Waals surface area contributed by atoms with E-state index in [1.165, 1.54) is 6.42 Å². The van der Waals surface area contributed by atoms with Gasteiger partial charge in [-0.25, -0.2) is 0 Å². The van der Waals surface area contributed by atoms with Crippen molar-refractivity contribution in [3.63, 3.8) is 0 Å². The van der Waals surface area contributed by atoms with E-state index in [-0.39, 0.29) is 11.9 Å². The second-order valence-electron chi connectivity index (χ2n) is 5.39. The highest BCUT2D eigenvalue weighted by molar-refractivity contribution is 5.79. The van der Waals surface area contributed by atoms with E-state index in [2.05, 4.69) is 9.80 Å². The molecule has 5 heteroatoms. The van der Waals surface area contributed by atoms with Crippen LogP contribution >= 0.6 is 0 Å². The van der Waals surface area contributed by atoms with Crippen molar-refractivity contribution >= 4 is 5.91 Å². The maximum atomic E-state index is 11.4. The first-order chi connectivity index (χ1) is 8.70. The average molecular weight is 255 g/mol. The Kier molecular flexibility index (Phi) is 4.97. The van der Waals surface area contributed by atoms with Gasteiger partial charge in [0.2, 0.25) is 5.91 Å². The van der Waals surface area contributed by atoms with Crippen LogP contribution in [0.5, 0.6) is 0 Å². The monoisotopic (exact) mass is 255 g/mol. The van der Waals surface area contributed by atoms with E-state index < -0.39 is 0 Å². The molecule has 2 rings (SSSR count). The highest BCUT2D eigenvalue weighted by Gasteiger charge is 2.31. The average Bonchev–Trinajstić information content (AvgIpc) is 2.79. The van der Waals surface area contributed by atoms with Gasteiger partial charge in [-0.1, -0.05) is 6.92 Å². The standard InChI is InChI=1S/C13H25N3O2/c1-2-12(13(14)17)16-4-3-11(10-16)9-15-5-7-18-8-6-15/h11-12H,2-10H2,1H3,(H2,14,17)/t11-,12+/m0/s1. The minimum atomic E-state index is -0.176. The molecule has 1 amide bonds. The van der Waals surface area contributed by atoms with Gasteiger partial charge in [0.05, 0.1) is 19.3 Å². The summed E-state index contributed by atoms with van der Waals surface area (Å²) in [6.07, 6.45) is 2.00. The molecule has 0 aliphatic carbocycles. The molecule has 104 valence electrons. The number of morpholine rings is 1. The summed E-state index contributed by atoms with van der Waals surface area (Å²) >= 11 is 0. The molecule has 2 heterocycles. The van der Waals surface area contributed by atoms with E-state index in [0.29, 0.717) is 5.92 Å². The molecule has 2 N–H and O–H groups in total. The highest BCUT2D eigenvalue weighted by atomic mass is 16.5. The number of likely N-dealkylation sites (tertiary alicyclic amines) is 1. The van der Waals surface area contributed by atoms with E-state index in [9.17, 15) is 4.79 Å². The Morgan fingerprint density at radius 3 is 2.72 bits per heavy atom. The van der Waals surface area contributed by atoms with Crippen molar-refractivity contribution in [3.05, 3.63) is 0 Å². The smallest absolute Gasteiger partial charge is 0.234 e. The number of hydrogen-bond acceptors (Lipinski definition) is 4. The zero-order valence-electron chi connectivity index (χ0n) is 11.3. The maximum Gasteiger partial charge on any atom is 0.234 e. The molecule has 2 saturated heterocycles. The summed E-state index contributed by atoms with van der Waals surface area (Å²) in [6, 6.07) is -0.0697. The van der Waals surface area contributed by atoms with E-state index >= 15 is 0 Å². The van der Waals surface area contributed by atoms with Crippen molar-refractivity contribution < 1.29 is 9.53 Å². The second-order valence-corrected chi connectivity index (χ2v) is 5.39. The van der Waals surface area contributed by atoms with Gasteiger partial charge in [-0.15, -0.1) is 0 Å². The maximum absolute atomic E-state index is 11.4. The van der Waals surface area contributed by atoms with Gasteiger partial charge in [-0.2, -0.15) is 0 Å². The van der Waals surface area contributed by atoms with Crippen LogP contribution in [0, 0.1) is 5.92 Å². The van der Waals surface area contributed by atoms with Gasteiger partial charge in [0.25, 0.3) is 0 Å². The SMILES string of the molecule is CC[C@H](C(N)=O)N1CC[C@@H](CN2CCOCC2)C1. The predicted molar refractivity (Wildman–Crippen MR) is 70.2 cm³/mol. The highest BCUT2D eigenvalue weighted by Crippen LogP contribution is 2.21. The molecular formula is C13H25N3O2. The first kappa shape index (κ1) is 13.8. The number of hydrogen-bond donors (Lipinski definition) is 1. The van der Waals surface area contributed by atoms with Crippen LogP contribution in [0.4, 0.5) is 0 Å².